The van der Waals surface area contributed by atoms with Crippen molar-refractivity contribution in [3.63, 3.8) is 0 Å². The molecule has 0 radical (unpaired) electrons. The Bertz CT molecular complexity index is 154. The van der Waals surface area contributed by atoms with Crippen LogP contribution in [0.4, 0.5) is 0 Å². The van der Waals surface area contributed by atoms with Gasteiger partial charge in [-0.2, -0.15) is 0 Å². The summed E-state index contributed by atoms with van der Waals surface area (Å²) in [4.78, 5) is 0. The van der Waals surface area contributed by atoms with Crippen LogP contribution < -0.4 is 0 Å². The van der Waals surface area contributed by atoms with E-state index in [9.17, 15) is 0 Å². The van der Waals surface area contributed by atoms with E-state index in [0.717, 1.165) is 6.42 Å². The fourth-order valence-electron chi connectivity index (χ4n) is 2.14. The van der Waals surface area contributed by atoms with Crippen molar-refractivity contribution < 1.29 is 0 Å². The molecule has 1 saturated carbocycles. The molecular weight excluding hydrogens is 146 g/mol. The van der Waals surface area contributed by atoms with Gasteiger partial charge in [0.2, 0.25) is 0 Å². The van der Waals surface area contributed by atoms with E-state index in [4.69, 9.17) is 5.41 Å². The van der Waals surface area contributed by atoms with Crippen molar-refractivity contribution in [1.82, 2.24) is 0 Å². The molecule has 1 N–H and O–H groups in total. The first-order chi connectivity index (χ1) is 5.83. The van der Waals surface area contributed by atoms with Crippen LogP contribution in [0.1, 0.15) is 44.9 Å². The lowest BCUT2D eigenvalue weighted by Gasteiger charge is -2.22. The largest absolute Gasteiger partial charge is 0.313 e. The molecule has 12 heavy (non-hydrogen) atoms. The van der Waals surface area contributed by atoms with E-state index in [-0.39, 0.29) is 5.41 Å². The van der Waals surface area contributed by atoms with E-state index in [2.05, 4.69) is 6.58 Å². The highest BCUT2D eigenvalue weighted by molar-refractivity contribution is 5.62. The number of nitrogens with one attached hydrogen (secondary N) is 1. The summed E-state index contributed by atoms with van der Waals surface area (Å²) in [5, 5.41) is 7.43. The minimum atomic E-state index is 0.281. The maximum absolute atomic E-state index is 7.43. The molecule has 0 aliphatic heterocycles. The minimum Gasteiger partial charge on any atom is -0.313 e. The average molecular weight is 165 g/mol. The maximum Gasteiger partial charge on any atom is 0.00497 e. The fourth-order valence-corrected chi connectivity index (χ4v) is 2.14. The normalized spacial score (nSPS) is 20.7. The van der Waals surface area contributed by atoms with Crippen molar-refractivity contribution in [3.8, 4) is 0 Å². The molecule has 0 aromatic carbocycles. The lowest BCUT2D eigenvalue weighted by atomic mass is 9.82. The summed E-state index contributed by atoms with van der Waals surface area (Å²) >= 11 is 0. The zero-order valence-corrected chi connectivity index (χ0v) is 7.81. The van der Waals surface area contributed by atoms with E-state index in [1.807, 2.05) is 6.08 Å². The van der Waals surface area contributed by atoms with Crippen molar-refractivity contribution in [2.45, 2.75) is 44.9 Å². The summed E-state index contributed by atoms with van der Waals surface area (Å²) in [5.74, 6) is 0. The first-order valence-corrected chi connectivity index (χ1v) is 4.95. The smallest absolute Gasteiger partial charge is 0.00497 e. The highest BCUT2D eigenvalue weighted by Crippen LogP contribution is 2.40. The number of hydrogen-bond acceptors (Lipinski definition) is 1. The van der Waals surface area contributed by atoms with Gasteiger partial charge in [0.05, 0.1) is 0 Å². The first kappa shape index (κ1) is 9.50. The number of rotatable bonds is 5. The van der Waals surface area contributed by atoms with E-state index in [1.165, 1.54) is 38.5 Å². The molecule has 1 rings (SSSR count). The SMILES string of the molecule is C=CCCCC1(C=N)CCCC1. The van der Waals surface area contributed by atoms with Crippen LogP contribution in [0.5, 0.6) is 0 Å². The Labute approximate surface area is 75.4 Å². The summed E-state index contributed by atoms with van der Waals surface area (Å²) < 4.78 is 0. The summed E-state index contributed by atoms with van der Waals surface area (Å²) in [7, 11) is 0. The van der Waals surface area contributed by atoms with E-state index in [1.54, 1.807) is 6.21 Å². The zero-order chi connectivity index (χ0) is 8.86. The predicted molar refractivity (Wildman–Crippen MR) is 53.7 cm³/mol. The zero-order valence-electron chi connectivity index (χ0n) is 7.81. The molecule has 1 aliphatic rings. The van der Waals surface area contributed by atoms with Gasteiger partial charge in [-0.15, -0.1) is 6.58 Å². The van der Waals surface area contributed by atoms with Crippen molar-refractivity contribution >= 4 is 6.21 Å². The Morgan fingerprint density at radius 3 is 2.50 bits per heavy atom. The van der Waals surface area contributed by atoms with Crippen LogP contribution in [0.25, 0.3) is 0 Å². The van der Waals surface area contributed by atoms with E-state index < -0.39 is 0 Å². The summed E-state index contributed by atoms with van der Waals surface area (Å²) in [6.07, 6.45) is 12.3. The summed E-state index contributed by atoms with van der Waals surface area (Å²) in [5.41, 5.74) is 0.281. The van der Waals surface area contributed by atoms with Gasteiger partial charge in [0.15, 0.2) is 0 Å². The molecule has 0 heterocycles. The molecule has 0 aromatic rings. The van der Waals surface area contributed by atoms with E-state index >= 15 is 0 Å². The Morgan fingerprint density at radius 2 is 2.00 bits per heavy atom. The monoisotopic (exact) mass is 165 g/mol. The van der Waals surface area contributed by atoms with Crippen LogP contribution in [-0.2, 0) is 0 Å². The second kappa shape index (κ2) is 4.44. The van der Waals surface area contributed by atoms with E-state index in [0.29, 0.717) is 0 Å². The van der Waals surface area contributed by atoms with Crippen molar-refractivity contribution in [2.24, 2.45) is 5.41 Å². The third-order valence-electron chi connectivity index (χ3n) is 2.99. The van der Waals surface area contributed by atoms with Gasteiger partial charge in [-0.3, -0.25) is 0 Å². The topological polar surface area (TPSA) is 23.9 Å². The molecule has 0 saturated heterocycles. The van der Waals surface area contributed by atoms with Crippen LogP contribution in [0.3, 0.4) is 0 Å². The van der Waals surface area contributed by atoms with Crippen molar-refractivity contribution in [1.29, 1.82) is 5.41 Å². The number of allylic oxidation sites excluding steroid dienone is 1. The number of unbranched alkanes of at least 4 members (excludes halogenated alkanes) is 1. The highest BCUT2D eigenvalue weighted by atomic mass is 14.5. The van der Waals surface area contributed by atoms with Gasteiger partial charge >= 0.3 is 0 Å². The molecular formula is C11H19N. The third-order valence-corrected chi connectivity index (χ3v) is 2.99. The number of hydrogen-bond donors (Lipinski definition) is 1. The Hall–Kier alpha value is -0.590. The lowest BCUT2D eigenvalue weighted by molar-refractivity contribution is 0.395. The molecule has 0 bridgehead atoms. The van der Waals surface area contributed by atoms with Gasteiger partial charge in [0.25, 0.3) is 0 Å². The Kier molecular flexibility index (Phi) is 3.51. The molecule has 1 heteroatoms. The lowest BCUT2D eigenvalue weighted by Crippen LogP contribution is -2.17. The van der Waals surface area contributed by atoms with Crippen LogP contribution in [0.2, 0.25) is 0 Å². The Balaban J connectivity index is 2.33. The van der Waals surface area contributed by atoms with Crippen molar-refractivity contribution in [2.75, 3.05) is 0 Å². The molecule has 0 amide bonds. The average Bonchev–Trinajstić information content (AvgIpc) is 2.55. The van der Waals surface area contributed by atoms with Gasteiger partial charge in [0, 0.05) is 11.6 Å². The standard InChI is InChI=1S/C11H19N/c1-2-3-4-7-11(10-12)8-5-6-9-11/h2,10,12H,1,3-9H2. The second-order valence-electron chi connectivity index (χ2n) is 3.89. The molecule has 1 nitrogen and oxygen atoms in total. The van der Waals surface area contributed by atoms with Crippen LogP contribution >= 0.6 is 0 Å². The molecule has 0 unspecified atom stereocenters. The van der Waals surface area contributed by atoms with Crippen LogP contribution in [0, 0.1) is 10.8 Å². The second-order valence-corrected chi connectivity index (χ2v) is 3.89. The van der Waals surface area contributed by atoms with Gasteiger partial charge < -0.3 is 5.41 Å². The van der Waals surface area contributed by atoms with Crippen molar-refractivity contribution in [3.05, 3.63) is 12.7 Å². The molecule has 68 valence electrons. The minimum absolute atomic E-state index is 0.281. The maximum atomic E-state index is 7.43. The fraction of sp³-hybridized carbons (Fsp3) is 0.727. The van der Waals surface area contributed by atoms with Gasteiger partial charge in [-0.25, -0.2) is 0 Å². The quantitative estimate of drug-likeness (QED) is 0.366. The summed E-state index contributed by atoms with van der Waals surface area (Å²) in [6, 6.07) is 0. The van der Waals surface area contributed by atoms with Crippen LogP contribution in [-0.4, -0.2) is 6.21 Å². The predicted octanol–water partition coefficient (Wildman–Crippen LogP) is 3.55. The molecule has 0 spiro atoms. The van der Waals surface area contributed by atoms with Crippen LogP contribution in [0.15, 0.2) is 12.7 Å². The molecule has 1 aliphatic carbocycles. The highest BCUT2D eigenvalue weighted by Gasteiger charge is 2.30. The van der Waals surface area contributed by atoms with Gasteiger partial charge in [0.1, 0.15) is 0 Å². The Morgan fingerprint density at radius 1 is 1.33 bits per heavy atom. The molecule has 0 aromatic heterocycles. The molecule has 0 atom stereocenters. The van der Waals surface area contributed by atoms with Gasteiger partial charge in [-0.1, -0.05) is 18.9 Å². The third kappa shape index (κ3) is 2.20. The van der Waals surface area contributed by atoms with Gasteiger partial charge in [-0.05, 0) is 32.1 Å². The summed E-state index contributed by atoms with van der Waals surface area (Å²) in [6.45, 7) is 3.72. The molecule has 1 fully saturated rings. The first-order valence-electron chi connectivity index (χ1n) is 4.95.